The van der Waals surface area contributed by atoms with E-state index in [1.165, 1.54) is 0 Å². The van der Waals surface area contributed by atoms with Crippen LogP contribution in [0, 0.1) is 0 Å². The lowest BCUT2D eigenvalue weighted by atomic mass is 10.3. The Hall–Kier alpha value is -0.400. The zero-order valence-corrected chi connectivity index (χ0v) is 7.31. The van der Waals surface area contributed by atoms with Gasteiger partial charge in [-0.2, -0.15) is 17.6 Å². The molecule has 0 spiro atoms. The summed E-state index contributed by atoms with van der Waals surface area (Å²) in [6.45, 7) is 0. The van der Waals surface area contributed by atoms with Crippen LogP contribution >= 0.6 is 0 Å². The van der Waals surface area contributed by atoms with Crippen LogP contribution in [0.5, 0.6) is 0 Å². The van der Waals surface area contributed by atoms with Crippen molar-refractivity contribution in [3.8, 4) is 0 Å². The molecule has 0 amide bonds. The molecule has 7 heteroatoms. The average molecular weight is 206 g/mol. The van der Waals surface area contributed by atoms with Crippen molar-refractivity contribution in [2.45, 2.75) is 18.3 Å². The molecule has 0 rings (SSSR count). The molecule has 0 aliphatic carbocycles. The molecule has 0 atom stereocenters. The maximum Gasteiger partial charge on any atom is 0.390 e. The highest BCUT2D eigenvalue weighted by molar-refractivity contribution is 4.76. The third-order valence-corrected chi connectivity index (χ3v) is 1.39. The summed E-state index contributed by atoms with van der Waals surface area (Å²) in [7, 11) is 1.90. The molecule has 0 N–H and O–H groups in total. The summed E-state index contributed by atoms with van der Waals surface area (Å²) >= 11 is 0. The zero-order chi connectivity index (χ0) is 10.7. The highest BCUT2D eigenvalue weighted by atomic mass is 19.3. The molecule has 0 heterocycles. The number of rotatable bonds is 5. The first-order valence-corrected chi connectivity index (χ1v) is 3.20. The molecule has 0 bridgehead atoms. The molecular weight excluding hydrogens is 196 g/mol. The number of halogens is 4. The van der Waals surface area contributed by atoms with Crippen molar-refractivity contribution in [3.63, 3.8) is 0 Å². The van der Waals surface area contributed by atoms with Crippen molar-refractivity contribution in [1.29, 1.82) is 0 Å². The van der Waals surface area contributed by atoms with Crippen LogP contribution in [0.3, 0.4) is 0 Å². The Morgan fingerprint density at radius 3 is 1.31 bits per heavy atom. The average Bonchev–Trinajstić information content (AvgIpc) is 2.05. The number of methoxy groups -OCH3 is 3. The summed E-state index contributed by atoms with van der Waals surface area (Å²) in [6, 6.07) is 0. The van der Waals surface area contributed by atoms with Crippen LogP contribution in [0.15, 0.2) is 0 Å². The van der Waals surface area contributed by atoms with Gasteiger partial charge in [0.1, 0.15) is 0 Å². The Labute approximate surface area is 72.6 Å². The van der Waals surface area contributed by atoms with Crippen molar-refractivity contribution in [2.75, 3.05) is 21.3 Å². The second-order valence-corrected chi connectivity index (χ2v) is 2.15. The van der Waals surface area contributed by atoms with Gasteiger partial charge in [0, 0.05) is 21.3 Å². The van der Waals surface area contributed by atoms with Crippen molar-refractivity contribution < 1.29 is 31.8 Å². The van der Waals surface area contributed by atoms with E-state index < -0.39 is 18.3 Å². The summed E-state index contributed by atoms with van der Waals surface area (Å²) in [4.78, 5) is 0. The van der Waals surface area contributed by atoms with E-state index in [1.54, 1.807) is 0 Å². The molecule has 0 unspecified atom stereocenters. The van der Waals surface area contributed by atoms with E-state index in [4.69, 9.17) is 0 Å². The minimum Gasteiger partial charge on any atom is -0.365 e. The maximum absolute atomic E-state index is 12.6. The van der Waals surface area contributed by atoms with Crippen molar-refractivity contribution in [2.24, 2.45) is 0 Å². The summed E-state index contributed by atoms with van der Waals surface area (Å²) in [5.41, 5.74) is 0. The summed E-state index contributed by atoms with van der Waals surface area (Å²) in [5, 5.41) is 0. The predicted octanol–water partition coefficient (Wildman–Crippen LogP) is 1.48. The van der Waals surface area contributed by atoms with E-state index in [1.807, 2.05) is 0 Å². The molecule has 80 valence electrons. The number of ether oxygens (including phenoxy) is 3. The Bertz CT molecular complexity index is 146. The van der Waals surface area contributed by atoms with Gasteiger partial charge in [-0.3, -0.25) is 0 Å². The Morgan fingerprint density at radius 1 is 0.846 bits per heavy atom. The smallest absolute Gasteiger partial charge is 0.365 e. The van der Waals surface area contributed by atoms with Gasteiger partial charge in [-0.05, 0) is 0 Å². The van der Waals surface area contributed by atoms with E-state index in [-0.39, 0.29) is 0 Å². The maximum atomic E-state index is 12.6. The first-order valence-electron chi connectivity index (χ1n) is 3.20. The van der Waals surface area contributed by atoms with Crippen molar-refractivity contribution in [3.05, 3.63) is 0 Å². The van der Waals surface area contributed by atoms with Crippen LogP contribution in [0.2, 0.25) is 0 Å². The lowest BCUT2D eigenvalue weighted by molar-refractivity contribution is -0.378. The minimum absolute atomic E-state index is 0.595. The van der Waals surface area contributed by atoms with E-state index in [9.17, 15) is 17.6 Å². The summed E-state index contributed by atoms with van der Waals surface area (Å²) in [6.07, 6.45) is -11.0. The van der Waals surface area contributed by atoms with Crippen molar-refractivity contribution in [1.82, 2.24) is 0 Å². The largest absolute Gasteiger partial charge is 0.390 e. The fraction of sp³-hybridized carbons (Fsp3) is 1.00. The van der Waals surface area contributed by atoms with E-state index in [0.717, 1.165) is 0 Å². The minimum atomic E-state index is -4.10. The highest BCUT2D eigenvalue weighted by Crippen LogP contribution is 2.33. The normalized spacial score (nSPS) is 13.8. The fourth-order valence-electron chi connectivity index (χ4n) is 0.684. The second kappa shape index (κ2) is 4.21. The van der Waals surface area contributed by atoms with E-state index in [0.29, 0.717) is 21.3 Å². The molecule has 0 aliphatic rings. The number of alkyl halides is 4. The molecule has 0 aliphatic heterocycles. The van der Waals surface area contributed by atoms with Gasteiger partial charge in [0.05, 0.1) is 0 Å². The van der Waals surface area contributed by atoms with Gasteiger partial charge < -0.3 is 14.2 Å². The second-order valence-electron chi connectivity index (χ2n) is 2.15. The fourth-order valence-corrected chi connectivity index (χ4v) is 0.684. The summed E-state index contributed by atoms with van der Waals surface area (Å²) in [5.74, 6) is 0. The Morgan fingerprint density at radius 2 is 1.15 bits per heavy atom. The third kappa shape index (κ3) is 2.78. The van der Waals surface area contributed by atoms with Gasteiger partial charge in [0.25, 0.3) is 0 Å². The van der Waals surface area contributed by atoms with Crippen LogP contribution in [-0.4, -0.2) is 39.7 Å². The molecule has 0 radical (unpaired) electrons. The van der Waals surface area contributed by atoms with Crippen molar-refractivity contribution >= 4 is 0 Å². The van der Waals surface area contributed by atoms with Crippen LogP contribution in [-0.2, 0) is 14.2 Å². The van der Waals surface area contributed by atoms with Gasteiger partial charge in [-0.25, -0.2) is 0 Å². The van der Waals surface area contributed by atoms with Gasteiger partial charge in [0.2, 0.25) is 6.10 Å². The van der Waals surface area contributed by atoms with Gasteiger partial charge in [-0.1, -0.05) is 0 Å². The monoisotopic (exact) mass is 206 g/mol. The molecule has 0 saturated heterocycles. The van der Waals surface area contributed by atoms with Crippen LogP contribution in [0.1, 0.15) is 0 Å². The van der Waals surface area contributed by atoms with Gasteiger partial charge in [0.15, 0.2) is 0 Å². The number of hydrogen-bond acceptors (Lipinski definition) is 3. The molecule has 0 saturated carbocycles. The topological polar surface area (TPSA) is 27.7 Å². The van der Waals surface area contributed by atoms with Crippen LogP contribution < -0.4 is 0 Å². The van der Waals surface area contributed by atoms with Gasteiger partial charge >= 0.3 is 12.2 Å². The molecule has 0 aromatic rings. The quantitative estimate of drug-likeness (QED) is 0.637. The predicted molar refractivity (Wildman–Crippen MR) is 34.7 cm³/mol. The molecule has 0 aromatic carbocycles. The lowest BCUT2D eigenvalue weighted by Crippen LogP contribution is -2.50. The molecular formula is C6H10F4O3. The van der Waals surface area contributed by atoms with Crippen LogP contribution in [0.4, 0.5) is 17.6 Å². The Kier molecular flexibility index (Phi) is 4.08. The van der Waals surface area contributed by atoms with E-state index in [2.05, 4.69) is 14.2 Å². The lowest BCUT2D eigenvalue weighted by Gasteiger charge is -2.28. The molecule has 0 fully saturated rings. The SMILES string of the molecule is COC(C(F)(F)OC)C(F)(F)OC. The van der Waals surface area contributed by atoms with Gasteiger partial charge in [-0.15, -0.1) is 0 Å². The van der Waals surface area contributed by atoms with E-state index >= 15 is 0 Å². The number of hydrogen-bond donors (Lipinski definition) is 0. The molecule has 13 heavy (non-hydrogen) atoms. The van der Waals surface area contributed by atoms with Crippen LogP contribution in [0.25, 0.3) is 0 Å². The zero-order valence-electron chi connectivity index (χ0n) is 7.31. The summed E-state index contributed by atoms with van der Waals surface area (Å²) < 4.78 is 61.4. The first kappa shape index (κ1) is 12.6. The first-order chi connectivity index (χ1) is 5.81. The molecule has 0 aromatic heterocycles. The Balaban J connectivity index is 4.69. The molecule has 3 nitrogen and oxygen atoms in total. The standard InChI is InChI=1S/C6H10F4O3/c1-11-4(5(7,8)12-2)6(9,10)13-3/h4H,1-3H3. The highest BCUT2D eigenvalue weighted by Gasteiger charge is 2.57. The third-order valence-electron chi connectivity index (χ3n) is 1.39.